The van der Waals surface area contributed by atoms with Gasteiger partial charge in [-0.3, -0.25) is 4.79 Å². The number of carbonyl (C=O) groups is 1. The van der Waals surface area contributed by atoms with E-state index < -0.39 is 11.5 Å². The summed E-state index contributed by atoms with van der Waals surface area (Å²) in [5.74, 6) is 0.707. The topological polar surface area (TPSA) is 49.3 Å². The van der Waals surface area contributed by atoms with Crippen LogP contribution in [0, 0.1) is 0 Å². The molecule has 1 aromatic rings. The smallest absolute Gasteiger partial charge is 0.323 e. The van der Waals surface area contributed by atoms with Gasteiger partial charge in [0.2, 0.25) is 0 Å². The van der Waals surface area contributed by atoms with Crippen molar-refractivity contribution in [1.82, 2.24) is 5.32 Å². The Hall–Kier alpha value is -1.00. The second-order valence-electron chi connectivity index (χ2n) is 5.56. The average molecular weight is 295 g/mol. The highest BCUT2D eigenvalue weighted by molar-refractivity contribution is 7.99. The van der Waals surface area contributed by atoms with Crippen molar-refractivity contribution in [3.05, 3.63) is 29.8 Å². The van der Waals surface area contributed by atoms with Crippen molar-refractivity contribution in [2.75, 3.05) is 12.8 Å². The largest absolute Gasteiger partial charge is 0.480 e. The molecular weight excluding hydrogens is 270 g/mol. The van der Waals surface area contributed by atoms with Gasteiger partial charge in [-0.2, -0.15) is 0 Å². The van der Waals surface area contributed by atoms with E-state index in [9.17, 15) is 4.79 Å². The summed E-state index contributed by atoms with van der Waals surface area (Å²) < 4.78 is 0. The van der Waals surface area contributed by atoms with Gasteiger partial charge in [0.15, 0.2) is 0 Å². The minimum atomic E-state index is -0.817. The molecular formula is C16H25NO2S. The maximum absolute atomic E-state index is 11.1. The van der Waals surface area contributed by atoms with Gasteiger partial charge in [0.05, 0.1) is 0 Å². The molecule has 1 atom stereocenters. The summed E-state index contributed by atoms with van der Waals surface area (Å²) in [6.45, 7) is 6.11. The van der Waals surface area contributed by atoms with Crippen LogP contribution in [0.4, 0.5) is 0 Å². The maximum Gasteiger partial charge on any atom is 0.323 e. The average Bonchev–Trinajstić information content (AvgIpc) is 2.43. The minimum absolute atomic E-state index is 0.556. The molecule has 20 heavy (non-hydrogen) atoms. The number of carboxylic acids is 1. The standard InChI is InChI=1S/C16H25NO2S/c1-12(2)13-6-8-14(9-7-13)20-11-5-10-16(3,17-4)15(18)19/h6-9,12,17H,5,10-11H2,1-4H3,(H,18,19). The van der Waals surface area contributed by atoms with Gasteiger partial charge in [-0.05, 0) is 56.2 Å². The summed E-state index contributed by atoms with van der Waals surface area (Å²) in [5.41, 5.74) is 0.533. The van der Waals surface area contributed by atoms with Gasteiger partial charge in [-0.25, -0.2) is 0 Å². The first-order valence-corrected chi connectivity index (χ1v) is 8.02. The molecule has 1 aromatic carbocycles. The first-order valence-electron chi connectivity index (χ1n) is 7.04. The van der Waals surface area contributed by atoms with Crippen LogP contribution in [-0.2, 0) is 4.79 Å². The van der Waals surface area contributed by atoms with Crippen molar-refractivity contribution in [2.45, 2.75) is 50.0 Å². The summed E-state index contributed by atoms with van der Waals surface area (Å²) in [6.07, 6.45) is 1.51. The lowest BCUT2D eigenvalue weighted by molar-refractivity contribution is -0.144. The van der Waals surface area contributed by atoms with Gasteiger partial charge in [0.25, 0.3) is 0 Å². The summed E-state index contributed by atoms with van der Waals surface area (Å²) >= 11 is 1.78. The molecule has 0 fully saturated rings. The Bertz CT molecular complexity index is 431. The first kappa shape index (κ1) is 17.1. The van der Waals surface area contributed by atoms with Crippen molar-refractivity contribution in [1.29, 1.82) is 0 Å². The Kier molecular flexibility index (Phi) is 6.56. The van der Waals surface area contributed by atoms with E-state index in [0.29, 0.717) is 12.3 Å². The molecule has 1 rings (SSSR count). The molecule has 3 nitrogen and oxygen atoms in total. The van der Waals surface area contributed by atoms with Crippen LogP contribution in [0.3, 0.4) is 0 Å². The predicted molar refractivity (Wildman–Crippen MR) is 85.6 cm³/mol. The molecule has 0 saturated heterocycles. The molecule has 0 aliphatic heterocycles. The molecule has 0 saturated carbocycles. The second-order valence-corrected chi connectivity index (χ2v) is 6.73. The van der Waals surface area contributed by atoms with Crippen LogP contribution >= 0.6 is 11.8 Å². The third-order valence-corrected chi connectivity index (χ3v) is 4.76. The quantitative estimate of drug-likeness (QED) is 0.566. The molecule has 1 unspecified atom stereocenters. The molecule has 0 spiro atoms. The zero-order valence-electron chi connectivity index (χ0n) is 12.8. The van der Waals surface area contributed by atoms with E-state index in [1.807, 2.05) is 0 Å². The van der Waals surface area contributed by atoms with Crippen LogP contribution in [0.15, 0.2) is 29.2 Å². The van der Waals surface area contributed by atoms with Crippen LogP contribution in [0.1, 0.15) is 45.1 Å². The van der Waals surface area contributed by atoms with Gasteiger partial charge in [0, 0.05) is 4.90 Å². The molecule has 0 radical (unpaired) electrons. The van der Waals surface area contributed by atoms with Crippen LogP contribution in [0.2, 0.25) is 0 Å². The summed E-state index contributed by atoms with van der Waals surface area (Å²) in [4.78, 5) is 12.4. The van der Waals surface area contributed by atoms with E-state index in [0.717, 1.165) is 12.2 Å². The van der Waals surface area contributed by atoms with E-state index in [-0.39, 0.29) is 0 Å². The number of thioether (sulfide) groups is 1. The SMILES string of the molecule is CNC(C)(CCCSc1ccc(C(C)C)cc1)C(=O)O. The molecule has 0 bridgehead atoms. The van der Waals surface area contributed by atoms with Gasteiger partial charge in [-0.15, -0.1) is 11.8 Å². The van der Waals surface area contributed by atoms with Crippen LogP contribution in [0.25, 0.3) is 0 Å². The van der Waals surface area contributed by atoms with Gasteiger partial charge in [0.1, 0.15) is 5.54 Å². The number of rotatable bonds is 8. The first-order chi connectivity index (χ1) is 9.39. The number of likely N-dealkylation sites (N-methyl/N-ethyl adjacent to an activating group) is 1. The Morgan fingerprint density at radius 1 is 1.35 bits per heavy atom. The highest BCUT2D eigenvalue weighted by atomic mass is 32.2. The van der Waals surface area contributed by atoms with E-state index in [1.165, 1.54) is 10.5 Å². The van der Waals surface area contributed by atoms with Crippen molar-refractivity contribution >= 4 is 17.7 Å². The lowest BCUT2D eigenvalue weighted by atomic mass is 9.97. The summed E-state index contributed by atoms with van der Waals surface area (Å²) in [7, 11) is 1.70. The van der Waals surface area contributed by atoms with E-state index >= 15 is 0 Å². The van der Waals surface area contributed by atoms with Crippen LogP contribution in [-0.4, -0.2) is 29.4 Å². The minimum Gasteiger partial charge on any atom is -0.480 e. The molecule has 0 aromatic heterocycles. The zero-order chi connectivity index (χ0) is 15.2. The maximum atomic E-state index is 11.1. The zero-order valence-corrected chi connectivity index (χ0v) is 13.6. The Morgan fingerprint density at radius 2 is 1.95 bits per heavy atom. The second kappa shape index (κ2) is 7.70. The lowest BCUT2D eigenvalue weighted by Crippen LogP contribution is -2.47. The molecule has 0 amide bonds. The van der Waals surface area contributed by atoms with Crippen molar-refractivity contribution < 1.29 is 9.90 Å². The van der Waals surface area contributed by atoms with E-state index in [4.69, 9.17) is 5.11 Å². The number of carboxylic acid groups (broad SMARTS) is 1. The fraction of sp³-hybridized carbons (Fsp3) is 0.562. The van der Waals surface area contributed by atoms with Gasteiger partial charge >= 0.3 is 5.97 Å². The third kappa shape index (κ3) is 4.84. The highest BCUT2D eigenvalue weighted by Crippen LogP contribution is 2.24. The molecule has 0 aliphatic rings. The third-order valence-electron chi connectivity index (χ3n) is 3.66. The Morgan fingerprint density at radius 3 is 2.40 bits per heavy atom. The van der Waals surface area contributed by atoms with E-state index in [1.54, 1.807) is 25.7 Å². The number of hydrogen-bond donors (Lipinski definition) is 2. The summed E-state index contributed by atoms with van der Waals surface area (Å²) in [6, 6.07) is 8.63. The fourth-order valence-electron chi connectivity index (χ4n) is 1.90. The number of nitrogens with one attached hydrogen (secondary N) is 1. The van der Waals surface area contributed by atoms with Crippen molar-refractivity contribution in [2.24, 2.45) is 0 Å². The molecule has 0 aliphatic carbocycles. The molecule has 112 valence electrons. The number of benzene rings is 1. The monoisotopic (exact) mass is 295 g/mol. The fourth-order valence-corrected chi connectivity index (χ4v) is 2.76. The molecule has 4 heteroatoms. The molecule has 2 N–H and O–H groups in total. The normalized spacial score (nSPS) is 14.2. The van der Waals surface area contributed by atoms with E-state index in [2.05, 4.69) is 43.4 Å². The molecule has 0 heterocycles. The predicted octanol–water partition coefficient (Wildman–Crippen LogP) is 3.75. The van der Waals surface area contributed by atoms with Crippen molar-refractivity contribution in [3.8, 4) is 0 Å². The number of hydrogen-bond acceptors (Lipinski definition) is 3. The van der Waals surface area contributed by atoms with Gasteiger partial charge < -0.3 is 10.4 Å². The number of aliphatic carboxylic acids is 1. The Balaban J connectivity index is 2.39. The highest BCUT2D eigenvalue weighted by Gasteiger charge is 2.30. The van der Waals surface area contributed by atoms with Crippen molar-refractivity contribution in [3.63, 3.8) is 0 Å². The van der Waals surface area contributed by atoms with Crippen LogP contribution < -0.4 is 5.32 Å². The Labute approximate surface area is 126 Å². The van der Waals surface area contributed by atoms with Gasteiger partial charge in [-0.1, -0.05) is 26.0 Å². The summed E-state index contributed by atoms with van der Waals surface area (Å²) in [5, 5.41) is 12.0. The van der Waals surface area contributed by atoms with Crippen LogP contribution in [0.5, 0.6) is 0 Å². The lowest BCUT2D eigenvalue weighted by Gasteiger charge is -2.23.